The average Bonchev–Trinajstić information content (AvgIpc) is 3.21. The van der Waals surface area contributed by atoms with Crippen LogP contribution in [-0.4, -0.2) is 24.2 Å². The van der Waals surface area contributed by atoms with Crippen molar-refractivity contribution in [2.75, 3.05) is 0 Å². The lowest BCUT2D eigenvalue weighted by atomic mass is 9.82. The normalized spacial score (nSPS) is 22.5. The van der Waals surface area contributed by atoms with Crippen LogP contribution < -0.4 is 0 Å². The van der Waals surface area contributed by atoms with Crippen LogP contribution in [0.5, 0.6) is 0 Å². The number of para-hydroxylation sites is 1. The van der Waals surface area contributed by atoms with Gasteiger partial charge < -0.3 is 0 Å². The van der Waals surface area contributed by atoms with E-state index in [1.54, 1.807) is 15.8 Å². The molecule has 146 valence electrons. The van der Waals surface area contributed by atoms with E-state index in [9.17, 15) is 0 Å². The third kappa shape index (κ3) is 3.26. The van der Waals surface area contributed by atoms with Crippen LogP contribution in [0.15, 0.2) is 24.3 Å². The maximum absolute atomic E-state index is 6.41. The van der Waals surface area contributed by atoms with Crippen molar-refractivity contribution in [1.82, 2.24) is 24.2 Å². The fourth-order valence-corrected chi connectivity index (χ4v) is 5.86. The van der Waals surface area contributed by atoms with Gasteiger partial charge in [-0.2, -0.15) is 0 Å². The Labute approximate surface area is 178 Å². The second-order valence-corrected chi connectivity index (χ2v) is 9.79. The summed E-state index contributed by atoms with van der Waals surface area (Å²) < 4.78 is 4.84. The summed E-state index contributed by atoms with van der Waals surface area (Å²) in [6.07, 6.45) is 4.40. The number of benzene rings is 1. The maximum Gasteiger partial charge on any atom is 0.153 e. The Hall–Kier alpha value is -1.47. The second kappa shape index (κ2) is 7.41. The van der Waals surface area contributed by atoms with E-state index in [0.29, 0.717) is 24.9 Å². The smallest absolute Gasteiger partial charge is 0.153 e. The molecule has 0 atom stereocenters. The van der Waals surface area contributed by atoms with E-state index in [-0.39, 0.29) is 0 Å². The minimum Gasteiger partial charge on any atom is -0.281 e. The number of nitrogens with zero attached hydrogens (tertiary/aromatic N) is 5. The Balaban J connectivity index is 1.43. The SMILES string of the molecule is Cc1nc(C2CCC(c3nnc4n3-c3ccccc3CN(Cl)C4)CC2)sc1Cl. The minimum atomic E-state index is 0.406. The number of fused-ring (bicyclic) bond motifs is 3. The van der Waals surface area contributed by atoms with Crippen LogP contribution in [-0.2, 0) is 13.1 Å². The Morgan fingerprint density at radius 1 is 1.04 bits per heavy atom. The number of hydrogen-bond donors (Lipinski definition) is 0. The van der Waals surface area contributed by atoms with Gasteiger partial charge in [0.05, 0.1) is 22.9 Å². The van der Waals surface area contributed by atoms with E-state index >= 15 is 0 Å². The van der Waals surface area contributed by atoms with E-state index in [1.807, 2.05) is 6.92 Å². The van der Waals surface area contributed by atoms with E-state index in [2.05, 4.69) is 44.0 Å². The minimum absolute atomic E-state index is 0.406. The van der Waals surface area contributed by atoms with Crippen LogP contribution in [0.3, 0.4) is 0 Å². The molecule has 0 bridgehead atoms. The molecule has 1 aliphatic carbocycles. The predicted octanol–water partition coefficient (Wildman–Crippen LogP) is 5.60. The molecule has 1 saturated carbocycles. The molecular formula is C20H21Cl2N5S. The number of rotatable bonds is 2. The van der Waals surface area contributed by atoms with E-state index in [1.165, 1.54) is 10.6 Å². The molecule has 8 heteroatoms. The third-order valence-corrected chi connectivity index (χ3v) is 7.69. The van der Waals surface area contributed by atoms with Gasteiger partial charge in [0.2, 0.25) is 0 Å². The Kier molecular flexibility index (Phi) is 4.91. The Bertz CT molecular complexity index is 986. The molecule has 1 aromatic carbocycles. The molecule has 0 saturated heterocycles. The maximum atomic E-state index is 6.41. The average molecular weight is 434 g/mol. The van der Waals surface area contributed by atoms with Gasteiger partial charge in [0.1, 0.15) is 10.2 Å². The zero-order valence-electron chi connectivity index (χ0n) is 15.6. The Morgan fingerprint density at radius 3 is 2.54 bits per heavy atom. The van der Waals surface area contributed by atoms with Crippen molar-refractivity contribution in [2.24, 2.45) is 0 Å². The van der Waals surface area contributed by atoms with Gasteiger partial charge in [-0.1, -0.05) is 29.8 Å². The summed E-state index contributed by atoms with van der Waals surface area (Å²) in [5.74, 6) is 2.90. The molecule has 28 heavy (non-hydrogen) atoms. The fraction of sp³-hybridized carbons (Fsp3) is 0.450. The third-order valence-electron chi connectivity index (χ3n) is 5.84. The van der Waals surface area contributed by atoms with Gasteiger partial charge in [0, 0.05) is 18.4 Å². The molecule has 2 aromatic heterocycles. The summed E-state index contributed by atoms with van der Waals surface area (Å²) >= 11 is 14.3. The van der Waals surface area contributed by atoms with Crippen molar-refractivity contribution in [1.29, 1.82) is 0 Å². The molecule has 5 nitrogen and oxygen atoms in total. The van der Waals surface area contributed by atoms with E-state index in [4.69, 9.17) is 23.4 Å². The molecular weight excluding hydrogens is 413 g/mol. The number of thiazole rings is 1. The fourth-order valence-electron chi connectivity index (χ4n) is 4.39. The van der Waals surface area contributed by atoms with Crippen molar-refractivity contribution in [3.8, 4) is 5.69 Å². The van der Waals surface area contributed by atoms with Gasteiger partial charge in [-0.3, -0.25) is 4.57 Å². The molecule has 1 fully saturated rings. The first-order valence-electron chi connectivity index (χ1n) is 9.66. The lowest BCUT2D eigenvalue weighted by Gasteiger charge is -2.27. The van der Waals surface area contributed by atoms with Crippen molar-refractivity contribution < 1.29 is 0 Å². The zero-order valence-corrected chi connectivity index (χ0v) is 17.9. The summed E-state index contributed by atoms with van der Waals surface area (Å²) in [7, 11) is 0. The van der Waals surface area contributed by atoms with Crippen molar-refractivity contribution in [3.05, 3.63) is 56.5 Å². The second-order valence-electron chi connectivity index (χ2n) is 7.68. The molecule has 0 N–H and O–H groups in total. The van der Waals surface area contributed by atoms with Gasteiger partial charge in [0.25, 0.3) is 0 Å². The molecule has 0 unspecified atom stereocenters. The molecule has 2 aliphatic rings. The summed E-state index contributed by atoms with van der Waals surface area (Å²) in [6, 6.07) is 8.41. The summed E-state index contributed by atoms with van der Waals surface area (Å²) in [4.78, 5) is 4.68. The molecule has 3 aromatic rings. The number of aromatic nitrogens is 4. The van der Waals surface area contributed by atoms with Gasteiger partial charge in [0.15, 0.2) is 5.82 Å². The van der Waals surface area contributed by atoms with Crippen LogP contribution in [0, 0.1) is 6.92 Å². The van der Waals surface area contributed by atoms with Gasteiger partial charge in [-0.25, -0.2) is 9.40 Å². The zero-order chi connectivity index (χ0) is 19.3. The highest BCUT2D eigenvalue weighted by Crippen LogP contribution is 2.43. The standard InChI is InChI=1S/C20H21Cl2N5S/c1-12-18(21)28-20(23-12)14-8-6-13(7-9-14)19-25-24-17-11-26(22)10-15-4-2-3-5-16(15)27(17)19/h2-5,13-14H,6-11H2,1H3. The highest BCUT2D eigenvalue weighted by atomic mass is 35.5. The first-order valence-corrected chi connectivity index (χ1v) is 11.2. The van der Waals surface area contributed by atoms with E-state index < -0.39 is 0 Å². The summed E-state index contributed by atoms with van der Waals surface area (Å²) in [5.41, 5.74) is 3.32. The molecule has 1 aliphatic heterocycles. The summed E-state index contributed by atoms with van der Waals surface area (Å²) in [6.45, 7) is 3.28. The number of aryl methyl sites for hydroxylation is 1. The number of hydrogen-bond acceptors (Lipinski definition) is 5. The highest BCUT2D eigenvalue weighted by molar-refractivity contribution is 7.16. The van der Waals surface area contributed by atoms with Crippen LogP contribution in [0.25, 0.3) is 5.69 Å². The van der Waals surface area contributed by atoms with Crippen LogP contribution in [0.1, 0.15) is 65.4 Å². The molecule has 0 amide bonds. The van der Waals surface area contributed by atoms with Gasteiger partial charge >= 0.3 is 0 Å². The predicted molar refractivity (Wildman–Crippen MR) is 112 cm³/mol. The van der Waals surface area contributed by atoms with E-state index in [0.717, 1.165) is 53.0 Å². The van der Waals surface area contributed by atoms with Crippen LogP contribution in [0.2, 0.25) is 4.34 Å². The molecule has 3 heterocycles. The summed E-state index contributed by atoms with van der Waals surface area (Å²) in [5, 5.41) is 10.3. The highest BCUT2D eigenvalue weighted by Gasteiger charge is 2.31. The van der Waals surface area contributed by atoms with Crippen molar-refractivity contribution in [3.63, 3.8) is 0 Å². The van der Waals surface area contributed by atoms with Crippen molar-refractivity contribution in [2.45, 2.75) is 57.5 Å². The quantitative estimate of drug-likeness (QED) is 0.493. The Morgan fingerprint density at radius 2 is 1.79 bits per heavy atom. The molecule has 5 rings (SSSR count). The molecule has 0 spiro atoms. The van der Waals surface area contributed by atoms with Crippen LogP contribution in [0.4, 0.5) is 0 Å². The first-order chi connectivity index (χ1) is 13.6. The first kappa shape index (κ1) is 18.6. The van der Waals surface area contributed by atoms with Crippen molar-refractivity contribution >= 4 is 34.7 Å². The van der Waals surface area contributed by atoms with Crippen LogP contribution >= 0.6 is 34.7 Å². The van der Waals surface area contributed by atoms with Gasteiger partial charge in [-0.05, 0) is 56.0 Å². The van der Waals surface area contributed by atoms with Gasteiger partial charge in [-0.15, -0.1) is 21.5 Å². The largest absolute Gasteiger partial charge is 0.281 e. The topological polar surface area (TPSA) is 46.8 Å². The lowest BCUT2D eigenvalue weighted by molar-refractivity contribution is 0.381. The number of halogens is 2. The monoisotopic (exact) mass is 433 g/mol. The molecule has 0 radical (unpaired) electrons. The lowest BCUT2D eigenvalue weighted by Crippen LogP contribution is -2.16.